The summed E-state index contributed by atoms with van der Waals surface area (Å²) in [5.41, 5.74) is 3.10. The summed E-state index contributed by atoms with van der Waals surface area (Å²) in [7, 11) is 0. The van der Waals surface area contributed by atoms with Gasteiger partial charge in [0.15, 0.2) is 0 Å². The molecule has 1 heterocycles. The number of carbonyl (C=O) groups excluding carboxylic acids is 1. The molecule has 1 aliphatic carbocycles. The minimum Gasteiger partial charge on any atom is -0.388 e. The SMILES string of the molecule is Cc1cc(C)cc(NC(=O)NCC2(c3ccc(C(C)O)s3)CCCC2)c1. The van der Waals surface area contributed by atoms with Gasteiger partial charge in [0.2, 0.25) is 0 Å². The summed E-state index contributed by atoms with van der Waals surface area (Å²) in [6, 6.07) is 10.0. The van der Waals surface area contributed by atoms with Crippen LogP contribution in [-0.4, -0.2) is 17.7 Å². The summed E-state index contributed by atoms with van der Waals surface area (Å²) >= 11 is 1.67. The lowest BCUT2D eigenvalue weighted by Gasteiger charge is -2.28. The molecule has 140 valence electrons. The number of thiophene rings is 1. The standard InChI is InChI=1S/C21H28N2O2S/c1-14-10-15(2)12-17(11-14)23-20(25)22-13-21(8-4-5-9-21)19-7-6-18(26-19)16(3)24/h6-7,10-12,16,24H,4-5,8-9,13H2,1-3H3,(H2,22,23,25). The molecule has 1 fully saturated rings. The molecule has 1 atom stereocenters. The van der Waals surface area contributed by atoms with Crippen LogP contribution < -0.4 is 10.6 Å². The highest BCUT2D eigenvalue weighted by Gasteiger charge is 2.37. The van der Waals surface area contributed by atoms with Crippen molar-refractivity contribution < 1.29 is 9.90 Å². The van der Waals surface area contributed by atoms with Crippen LogP contribution in [0.4, 0.5) is 10.5 Å². The fourth-order valence-corrected chi connectivity index (χ4v) is 5.09. The number of hydrogen-bond acceptors (Lipinski definition) is 3. The zero-order chi connectivity index (χ0) is 18.7. The summed E-state index contributed by atoms with van der Waals surface area (Å²) in [6.45, 7) is 6.48. The Hall–Kier alpha value is -1.85. The fraction of sp³-hybridized carbons (Fsp3) is 0.476. The topological polar surface area (TPSA) is 61.4 Å². The van der Waals surface area contributed by atoms with Crippen molar-refractivity contribution in [2.75, 3.05) is 11.9 Å². The summed E-state index contributed by atoms with van der Waals surface area (Å²) in [4.78, 5) is 14.7. The molecule has 0 radical (unpaired) electrons. The van der Waals surface area contributed by atoms with E-state index in [2.05, 4.69) is 22.8 Å². The number of nitrogens with one attached hydrogen (secondary N) is 2. The molecule has 0 spiro atoms. The lowest BCUT2D eigenvalue weighted by molar-refractivity contribution is 0.203. The number of amides is 2. The van der Waals surface area contributed by atoms with E-state index in [0.29, 0.717) is 6.54 Å². The Morgan fingerprint density at radius 3 is 2.42 bits per heavy atom. The van der Waals surface area contributed by atoms with Gasteiger partial charge >= 0.3 is 6.03 Å². The van der Waals surface area contributed by atoms with E-state index in [-0.39, 0.29) is 11.4 Å². The quantitative estimate of drug-likeness (QED) is 0.687. The van der Waals surface area contributed by atoms with Crippen molar-refractivity contribution in [2.45, 2.75) is 58.0 Å². The molecule has 1 aromatic carbocycles. The van der Waals surface area contributed by atoms with Gasteiger partial charge in [0.05, 0.1) is 6.10 Å². The molecule has 2 amide bonds. The lowest BCUT2D eigenvalue weighted by atomic mass is 9.84. The van der Waals surface area contributed by atoms with Crippen molar-refractivity contribution in [3.05, 3.63) is 51.2 Å². The van der Waals surface area contributed by atoms with E-state index in [1.807, 2.05) is 32.0 Å². The van der Waals surface area contributed by atoms with Crippen molar-refractivity contribution in [1.82, 2.24) is 5.32 Å². The highest BCUT2D eigenvalue weighted by Crippen LogP contribution is 2.44. The Labute approximate surface area is 159 Å². The van der Waals surface area contributed by atoms with E-state index in [4.69, 9.17) is 0 Å². The zero-order valence-electron chi connectivity index (χ0n) is 15.8. The molecule has 1 aromatic heterocycles. The predicted octanol–water partition coefficient (Wildman–Crippen LogP) is 5.05. The van der Waals surface area contributed by atoms with Crippen molar-refractivity contribution in [3.8, 4) is 0 Å². The number of anilines is 1. The third-order valence-electron chi connectivity index (χ3n) is 5.19. The van der Waals surface area contributed by atoms with Crippen molar-refractivity contribution in [3.63, 3.8) is 0 Å². The first kappa shape index (κ1) is 18.9. The van der Waals surface area contributed by atoms with Gasteiger partial charge < -0.3 is 15.7 Å². The van der Waals surface area contributed by atoms with Crippen LogP contribution in [0.3, 0.4) is 0 Å². The smallest absolute Gasteiger partial charge is 0.319 e. The van der Waals surface area contributed by atoms with Gasteiger partial charge in [-0.05, 0) is 69.0 Å². The van der Waals surface area contributed by atoms with Gasteiger partial charge in [-0.2, -0.15) is 0 Å². The maximum atomic E-state index is 12.4. The molecule has 0 bridgehead atoms. The third-order valence-corrected chi connectivity index (χ3v) is 6.69. The molecule has 3 N–H and O–H groups in total. The molecule has 0 aliphatic heterocycles. The van der Waals surface area contributed by atoms with Crippen LogP contribution in [0.15, 0.2) is 30.3 Å². The first-order chi connectivity index (χ1) is 12.4. The number of benzene rings is 1. The Morgan fingerprint density at radius 1 is 1.19 bits per heavy atom. The lowest BCUT2D eigenvalue weighted by Crippen LogP contribution is -2.40. The second-order valence-electron chi connectivity index (χ2n) is 7.55. The van der Waals surface area contributed by atoms with E-state index in [0.717, 1.165) is 34.5 Å². The number of hydrogen-bond donors (Lipinski definition) is 3. The molecule has 0 saturated heterocycles. The van der Waals surface area contributed by atoms with E-state index in [1.54, 1.807) is 18.3 Å². The molecule has 1 aliphatic rings. The van der Waals surface area contributed by atoms with E-state index in [9.17, 15) is 9.90 Å². The van der Waals surface area contributed by atoms with Crippen LogP contribution in [0.2, 0.25) is 0 Å². The molecule has 1 saturated carbocycles. The summed E-state index contributed by atoms with van der Waals surface area (Å²) in [6.07, 6.45) is 4.09. The van der Waals surface area contributed by atoms with Gasteiger partial charge in [0.25, 0.3) is 0 Å². The normalized spacial score (nSPS) is 17.1. The Bertz CT molecular complexity index is 756. The Balaban J connectivity index is 1.67. The van der Waals surface area contributed by atoms with Gasteiger partial charge in [-0.1, -0.05) is 18.9 Å². The Kier molecular flexibility index (Phi) is 5.68. The monoisotopic (exact) mass is 372 g/mol. The number of rotatable bonds is 5. The van der Waals surface area contributed by atoms with E-state index in [1.165, 1.54) is 17.7 Å². The maximum Gasteiger partial charge on any atom is 0.319 e. The second kappa shape index (κ2) is 7.80. The molecule has 26 heavy (non-hydrogen) atoms. The predicted molar refractivity (Wildman–Crippen MR) is 108 cm³/mol. The van der Waals surface area contributed by atoms with Crippen molar-refractivity contribution >= 4 is 23.1 Å². The highest BCUT2D eigenvalue weighted by molar-refractivity contribution is 7.12. The average molecular weight is 373 g/mol. The van der Waals surface area contributed by atoms with Gasteiger partial charge in [-0.3, -0.25) is 0 Å². The van der Waals surface area contributed by atoms with Crippen molar-refractivity contribution in [2.24, 2.45) is 0 Å². The maximum absolute atomic E-state index is 12.4. The van der Waals surface area contributed by atoms with Gasteiger partial charge in [-0.25, -0.2) is 4.79 Å². The zero-order valence-corrected chi connectivity index (χ0v) is 16.6. The third kappa shape index (κ3) is 4.27. The molecule has 3 rings (SSSR count). The van der Waals surface area contributed by atoms with E-state index >= 15 is 0 Å². The number of carbonyl (C=O) groups is 1. The van der Waals surface area contributed by atoms with Gasteiger partial charge in [-0.15, -0.1) is 11.3 Å². The number of aliphatic hydroxyl groups is 1. The summed E-state index contributed by atoms with van der Waals surface area (Å²) in [5, 5.41) is 15.9. The second-order valence-corrected chi connectivity index (χ2v) is 8.66. The average Bonchev–Trinajstić information content (AvgIpc) is 3.22. The fourth-order valence-electron chi connectivity index (χ4n) is 3.90. The van der Waals surface area contributed by atoms with Crippen molar-refractivity contribution in [1.29, 1.82) is 0 Å². The molecular formula is C21H28N2O2S. The molecular weight excluding hydrogens is 344 g/mol. The van der Waals surface area contributed by atoms with Crippen LogP contribution >= 0.6 is 11.3 Å². The number of aliphatic hydroxyl groups excluding tert-OH is 1. The molecule has 5 heteroatoms. The van der Waals surface area contributed by atoms with Gasteiger partial charge in [0.1, 0.15) is 0 Å². The Morgan fingerprint density at radius 2 is 1.85 bits per heavy atom. The molecule has 4 nitrogen and oxygen atoms in total. The van der Waals surface area contributed by atoms with Crippen LogP contribution in [-0.2, 0) is 5.41 Å². The molecule has 2 aromatic rings. The summed E-state index contributed by atoms with van der Waals surface area (Å²) in [5.74, 6) is 0. The number of aryl methyl sites for hydroxylation is 2. The number of urea groups is 1. The largest absolute Gasteiger partial charge is 0.388 e. The minimum atomic E-state index is -0.437. The minimum absolute atomic E-state index is 0.00231. The molecule has 1 unspecified atom stereocenters. The van der Waals surface area contributed by atoms with Crippen LogP contribution in [0.25, 0.3) is 0 Å². The van der Waals surface area contributed by atoms with Crippen LogP contribution in [0.5, 0.6) is 0 Å². The van der Waals surface area contributed by atoms with Gasteiger partial charge in [0, 0.05) is 27.4 Å². The summed E-state index contributed by atoms with van der Waals surface area (Å²) < 4.78 is 0. The van der Waals surface area contributed by atoms with E-state index < -0.39 is 6.10 Å². The first-order valence-corrected chi connectivity index (χ1v) is 10.1. The van der Waals surface area contributed by atoms with Crippen LogP contribution in [0.1, 0.15) is 59.6 Å². The van der Waals surface area contributed by atoms with Crippen LogP contribution in [0, 0.1) is 13.8 Å². The first-order valence-electron chi connectivity index (χ1n) is 9.29. The highest BCUT2D eigenvalue weighted by atomic mass is 32.1.